The molecule has 0 radical (unpaired) electrons. The van der Waals surface area contributed by atoms with E-state index in [4.69, 9.17) is 4.74 Å². The maximum absolute atomic E-state index is 11.4. The second-order valence-electron chi connectivity index (χ2n) is 6.05. The predicted octanol–water partition coefficient (Wildman–Crippen LogP) is 3.51. The molecule has 0 aromatic carbocycles. The summed E-state index contributed by atoms with van der Waals surface area (Å²) in [7, 11) is 0. The number of rotatable bonds is 3. The van der Waals surface area contributed by atoms with E-state index >= 15 is 0 Å². The second kappa shape index (κ2) is 5.13. The molecule has 16 heavy (non-hydrogen) atoms. The zero-order chi connectivity index (χ0) is 12.2. The molecule has 92 valence electrons. The lowest BCUT2D eigenvalue weighted by Gasteiger charge is -2.29. The molecule has 0 aromatic heterocycles. The zero-order valence-corrected chi connectivity index (χ0v) is 11.0. The van der Waals surface area contributed by atoms with Gasteiger partial charge >= 0.3 is 0 Å². The number of carbonyl (C=O) groups excluding carboxylic acids is 1. The average Bonchev–Trinajstić information content (AvgIpc) is 2.11. The van der Waals surface area contributed by atoms with Crippen LogP contribution in [0.15, 0.2) is 12.2 Å². The number of Topliss-reactive ketones (excluding diaryl/α,β-unsaturated/α-hetero) is 1. The van der Waals surface area contributed by atoms with E-state index in [0.717, 1.165) is 19.3 Å². The van der Waals surface area contributed by atoms with Gasteiger partial charge in [0.2, 0.25) is 0 Å². The van der Waals surface area contributed by atoms with Crippen LogP contribution in [-0.2, 0) is 9.53 Å². The van der Waals surface area contributed by atoms with Gasteiger partial charge in [0.25, 0.3) is 0 Å². The Balaban J connectivity index is 2.40. The summed E-state index contributed by atoms with van der Waals surface area (Å²) in [5, 5.41) is 0. The normalized spacial score (nSPS) is 27.6. The van der Waals surface area contributed by atoms with Gasteiger partial charge in [0.05, 0.1) is 12.2 Å². The summed E-state index contributed by atoms with van der Waals surface area (Å²) in [6.07, 6.45) is 7.82. The van der Waals surface area contributed by atoms with E-state index in [0.29, 0.717) is 18.8 Å². The van der Waals surface area contributed by atoms with Gasteiger partial charge in [0.1, 0.15) is 5.78 Å². The number of allylic oxidation sites excluding steroid dienone is 1. The van der Waals surface area contributed by atoms with E-state index in [9.17, 15) is 4.79 Å². The van der Waals surface area contributed by atoms with Crippen molar-refractivity contribution in [3.8, 4) is 0 Å². The van der Waals surface area contributed by atoms with Crippen molar-refractivity contribution in [1.29, 1.82) is 0 Å². The molecular weight excluding hydrogens is 200 g/mol. The molecule has 0 unspecified atom stereocenters. The number of ether oxygens (including phenoxy) is 1. The Hall–Kier alpha value is -0.630. The minimum atomic E-state index is -0.0897. The third kappa shape index (κ3) is 4.93. The van der Waals surface area contributed by atoms with Gasteiger partial charge in [-0.2, -0.15) is 0 Å². The van der Waals surface area contributed by atoms with Crippen molar-refractivity contribution in [3.05, 3.63) is 12.2 Å². The molecule has 0 spiro atoms. The van der Waals surface area contributed by atoms with Crippen LogP contribution >= 0.6 is 0 Å². The largest absolute Gasteiger partial charge is 0.372 e. The van der Waals surface area contributed by atoms with E-state index < -0.39 is 0 Å². The van der Waals surface area contributed by atoms with E-state index in [2.05, 4.69) is 19.1 Å². The van der Waals surface area contributed by atoms with Crippen molar-refractivity contribution in [2.24, 2.45) is 5.41 Å². The van der Waals surface area contributed by atoms with Gasteiger partial charge in [-0.25, -0.2) is 0 Å². The van der Waals surface area contributed by atoms with Crippen molar-refractivity contribution in [2.45, 2.75) is 59.0 Å². The Morgan fingerprint density at radius 3 is 2.69 bits per heavy atom. The first-order valence-corrected chi connectivity index (χ1v) is 6.14. The number of hydrogen-bond acceptors (Lipinski definition) is 2. The van der Waals surface area contributed by atoms with Crippen LogP contribution in [0.3, 0.4) is 0 Å². The Kier molecular flexibility index (Phi) is 4.31. The molecule has 0 heterocycles. The predicted molar refractivity (Wildman–Crippen MR) is 66.4 cm³/mol. The van der Waals surface area contributed by atoms with Gasteiger partial charge < -0.3 is 4.74 Å². The van der Waals surface area contributed by atoms with Crippen LogP contribution < -0.4 is 0 Å². The molecule has 0 amide bonds. The van der Waals surface area contributed by atoms with Gasteiger partial charge in [-0.05, 0) is 39.0 Å². The van der Waals surface area contributed by atoms with E-state index in [1.165, 1.54) is 0 Å². The smallest absolute Gasteiger partial charge is 0.133 e. The van der Waals surface area contributed by atoms with Gasteiger partial charge in [0.15, 0.2) is 0 Å². The summed E-state index contributed by atoms with van der Waals surface area (Å²) < 4.78 is 5.62. The average molecular weight is 224 g/mol. The standard InChI is InChI=1S/C14H24O2/c1-13(2,3)16-10-6-9-14(4)8-5-7-12(15)11-14/h6,9H,5,7-8,10-11H2,1-4H3/b9-6+/t14-/m0/s1. The first kappa shape index (κ1) is 13.4. The summed E-state index contributed by atoms with van der Waals surface area (Å²) in [6, 6.07) is 0. The maximum atomic E-state index is 11.4. The fourth-order valence-electron chi connectivity index (χ4n) is 2.09. The summed E-state index contributed by atoms with van der Waals surface area (Å²) in [5.74, 6) is 0.398. The SMILES string of the molecule is CC(C)(C)OC/C=C/[C@]1(C)CCCC(=O)C1. The number of ketones is 1. The third-order valence-electron chi connectivity index (χ3n) is 2.94. The van der Waals surface area contributed by atoms with Crippen LogP contribution in [-0.4, -0.2) is 18.0 Å². The molecule has 2 heteroatoms. The van der Waals surface area contributed by atoms with Crippen LogP contribution in [0.25, 0.3) is 0 Å². The van der Waals surface area contributed by atoms with Crippen molar-refractivity contribution in [3.63, 3.8) is 0 Å². The Morgan fingerprint density at radius 1 is 1.44 bits per heavy atom. The number of carbonyl (C=O) groups is 1. The lowest BCUT2D eigenvalue weighted by molar-refractivity contribution is -0.122. The van der Waals surface area contributed by atoms with Crippen LogP contribution in [0, 0.1) is 5.41 Å². The lowest BCUT2D eigenvalue weighted by Crippen LogP contribution is -2.24. The highest BCUT2D eigenvalue weighted by Crippen LogP contribution is 2.35. The zero-order valence-electron chi connectivity index (χ0n) is 11.0. The molecular formula is C14H24O2. The van der Waals surface area contributed by atoms with Gasteiger partial charge in [0, 0.05) is 12.8 Å². The van der Waals surface area contributed by atoms with Crippen molar-refractivity contribution >= 4 is 5.78 Å². The maximum Gasteiger partial charge on any atom is 0.133 e. The lowest BCUT2D eigenvalue weighted by atomic mass is 9.75. The van der Waals surface area contributed by atoms with Crippen molar-refractivity contribution in [2.75, 3.05) is 6.61 Å². The van der Waals surface area contributed by atoms with E-state index in [1.807, 2.05) is 20.8 Å². The Bertz CT molecular complexity index is 273. The Morgan fingerprint density at radius 2 is 2.12 bits per heavy atom. The molecule has 0 saturated heterocycles. The molecule has 0 N–H and O–H groups in total. The molecule has 1 fully saturated rings. The van der Waals surface area contributed by atoms with E-state index in [1.54, 1.807) is 0 Å². The Labute approximate surface area is 99.1 Å². The summed E-state index contributed by atoms with van der Waals surface area (Å²) in [4.78, 5) is 11.4. The van der Waals surface area contributed by atoms with Gasteiger partial charge in [-0.3, -0.25) is 4.79 Å². The van der Waals surface area contributed by atoms with E-state index in [-0.39, 0.29) is 11.0 Å². The van der Waals surface area contributed by atoms with Crippen molar-refractivity contribution < 1.29 is 9.53 Å². The fraction of sp³-hybridized carbons (Fsp3) is 0.786. The first-order valence-electron chi connectivity index (χ1n) is 6.14. The molecule has 2 nitrogen and oxygen atoms in total. The molecule has 1 aliphatic rings. The molecule has 1 rings (SSSR count). The highest BCUT2D eigenvalue weighted by atomic mass is 16.5. The summed E-state index contributed by atoms with van der Waals surface area (Å²) in [5.41, 5.74) is -0.0236. The van der Waals surface area contributed by atoms with Crippen LogP contribution in [0.2, 0.25) is 0 Å². The highest BCUT2D eigenvalue weighted by molar-refractivity contribution is 5.80. The van der Waals surface area contributed by atoms with Crippen LogP contribution in [0.1, 0.15) is 53.4 Å². The summed E-state index contributed by atoms with van der Waals surface area (Å²) >= 11 is 0. The van der Waals surface area contributed by atoms with Gasteiger partial charge in [-0.1, -0.05) is 19.1 Å². The fourth-order valence-corrected chi connectivity index (χ4v) is 2.09. The summed E-state index contributed by atoms with van der Waals surface area (Å²) in [6.45, 7) is 8.94. The van der Waals surface area contributed by atoms with Crippen LogP contribution in [0.5, 0.6) is 0 Å². The molecule has 0 bridgehead atoms. The van der Waals surface area contributed by atoms with Crippen molar-refractivity contribution in [1.82, 2.24) is 0 Å². The molecule has 1 atom stereocenters. The molecule has 1 aliphatic carbocycles. The monoisotopic (exact) mass is 224 g/mol. The molecule has 0 aliphatic heterocycles. The second-order valence-corrected chi connectivity index (χ2v) is 6.05. The highest BCUT2D eigenvalue weighted by Gasteiger charge is 2.28. The van der Waals surface area contributed by atoms with Gasteiger partial charge in [-0.15, -0.1) is 0 Å². The quantitative estimate of drug-likeness (QED) is 0.686. The topological polar surface area (TPSA) is 26.3 Å². The minimum absolute atomic E-state index is 0.0660. The first-order chi connectivity index (χ1) is 7.31. The molecule has 0 aromatic rings. The third-order valence-corrected chi connectivity index (χ3v) is 2.94. The molecule has 1 saturated carbocycles. The van der Waals surface area contributed by atoms with Crippen LogP contribution in [0.4, 0.5) is 0 Å². The number of hydrogen-bond donors (Lipinski definition) is 0. The minimum Gasteiger partial charge on any atom is -0.372 e.